The Morgan fingerprint density at radius 2 is 1.88 bits per heavy atom. The van der Waals surface area contributed by atoms with Crippen molar-refractivity contribution >= 4 is 28.9 Å². The molecule has 0 spiro atoms. The minimum Gasteiger partial charge on any atom is -0.479 e. The Kier molecular flexibility index (Phi) is 9.53. The number of carbonyl (C=O) groups is 3. The number of alkyl carbamates (subject to hydrolysis) is 1. The zero-order valence-electron chi connectivity index (χ0n) is 30.7. The number of carboxylic acids is 1. The van der Waals surface area contributed by atoms with Gasteiger partial charge < -0.3 is 60.1 Å². The van der Waals surface area contributed by atoms with E-state index in [0.717, 1.165) is 5.56 Å². The molecule has 57 heavy (non-hydrogen) atoms. The van der Waals surface area contributed by atoms with Crippen molar-refractivity contribution in [2.24, 2.45) is 5.73 Å². The van der Waals surface area contributed by atoms with Crippen molar-refractivity contribution in [3.05, 3.63) is 91.0 Å². The predicted octanol–water partition coefficient (Wildman–Crippen LogP) is 1.17. The molecule has 4 aromatic rings. The summed E-state index contributed by atoms with van der Waals surface area (Å²) in [5.41, 5.74) is 8.05. The molecular formula is C39H39FN4O13. The fourth-order valence-electron chi connectivity index (χ4n) is 8.30. The van der Waals surface area contributed by atoms with Gasteiger partial charge in [-0.25, -0.2) is 23.8 Å². The number of aliphatic hydroxyl groups is 4. The van der Waals surface area contributed by atoms with Crippen molar-refractivity contribution in [1.29, 1.82) is 0 Å². The highest BCUT2D eigenvalue weighted by Gasteiger charge is 2.49. The summed E-state index contributed by atoms with van der Waals surface area (Å²) in [5.74, 6) is -2.79. The minimum atomic E-state index is -2.04. The van der Waals surface area contributed by atoms with Crippen LogP contribution in [0.15, 0.2) is 35.1 Å². The number of pyridine rings is 2. The van der Waals surface area contributed by atoms with Crippen LogP contribution in [0.3, 0.4) is 0 Å². The lowest BCUT2D eigenvalue weighted by Crippen LogP contribution is -2.61. The van der Waals surface area contributed by atoms with Crippen molar-refractivity contribution in [2.45, 2.75) is 102 Å². The van der Waals surface area contributed by atoms with Crippen LogP contribution in [0.1, 0.15) is 70.3 Å². The molecule has 8 rings (SSSR count). The maximum atomic E-state index is 15.3. The van der Waals surface area contributed by atoms with E-state index in [-0.39, 0.29) is 49.6 Å². The topological polar surface area (TPSA) is 262 Å². The van der Waals surface area contributed by atoms with Crippen LogP contribution >= 0.6 is 0 Å². The molecule has 1 amide bonds. The van der Waals surface area contributed by atoms with E-state index in [1.165, 1.54) is 22.8 Å². The number of aryl methyl sites for hydroxylation is 1. The van der Waals surface area contributed by atoms with Gasteiger partial charge in [0.15, 0.2) is 11.7 Å². The summed E-state index contributed by atoms with van der Waals surface area (Å²) in [6, 6.07) is 6.79. The van der Waals surface area contributed by atoms with E-state index in [4.69, 9.17) is 29.7 Å². The number of hydrogen-bond donors (Lipinski definition) is 7. The maximum Gasteiger partial charge on any atom is 0.407 e. The minimum absolute atomic E-state index is 0.0380. The molecule has 1 fully saturated rings. The summed E-state index contributed by atoms with van der Waals surface area (Å²) in [5, 5.41) is 54.8. The van der Waals surface area contributed by atoms with E-state index < -0.39 is 71.8 Å². The first-order valence-corrected chi connectivity index (χ1v) is 18.3. The number of carboxylic acid groups (broad SMARTS) is 1. The number of nitrogens with zero attached hydrogens (tertiary/aromatic N) is 2. The van der Waals surface area contributed by atoms with E-state index in [1.54, 1.807) is 26.0 Å². The lowest BCUT2D eigenvalue weighted by atomic mass is 9.81. The summed E-state index contributed by atoms with van der Waals surface area (Å²) >= 11 is 0. The summed E-state index contributed by atoms with van der Waals surface area (Å²) in [4.78, 5) is 56.4. The molecule has 0 bridgehead atoms. The van der Waals surface area contributed by atoms with Crippen LogP contribution in [0.2, 0.25) is 0 Å². The summed E-state index contributed by atoms with van der Waals surface area (Å²) in [6.07, 6.45) is -9.10. The number of cyclic esters (lactones) is 1. The highest BCUT2D eigenvalue weighted by molar-refractivity contribution is 5.93. The average molecular weight is 791 g/mol. The monoisotopic (exact) mass is 790 g/mol. The second-order valence-electron chi connectivity index (χ2n) is 14.6. The van der Waals surface area contributed by atoms with Gasteiger partial charge in [-0.2, -0.15) is 0 Å². The van der Waals surface area contributed by atoms with Gasteiger partial charge in [-0.3, -0.25) is 4.79 Å². The number of carbonyl (C=O) groups excluding carboxylic acids is 2. The molecule has 1 saturated heterocycles. The Balaban J connectivity index is 1.06. The van der Waals surface area contributed by atoms with Crippen LogP contribution in [0, 0.1) is 12.7 Å². The molecule has 0 radical (unpaired) electrons. The molecule has 17 nitrogen and oxygen atoms in total. The van der Waals surface area contributed by atoms with Gasteiger partial charge in [0.05, 0.1) is 35.1 Å². The smallest absolute Gasteiger partial charge is 0.407 e. The quantitative estimate of drug-likeness (QED) is 0.109. The largest absolute Gasteiger partial charge is 0.479 e. The van der Waals surface area contributed by atoms with Gasteiger partial charge in [0.1, 0.15) is 43.1 Å². The third-order valence-corrected chi connectivity index (χ3v) is 11.4. The van der Waals surface area contributed by atoms with Crippen LogP contribution in [0.25, 0.3) is 22.3 Å². The van der Waals surface area contributed by atoms with Gasteiger partial charge >= 0.3 is 18.0 Å². The first kappa shape index (κ1) is 38.4. The maximum absolute atomic E-state index is 15.3. The van der Waals surface area contributed by atoms with Crippen molar-refractivity contribution in [3.63, 3.8) is 0 Å². The molecule has 7 atom stereocenters. The number of nitrogens with one attached hydrogen (secondary N) is 1. The molecule has 0 saturated carbocycles. The first-order chi connectivity index (χ1) is 27.2. The van der Waals surface area contributed by atoms with Crippen molar-refractivity contribution < 1.29 is 63.3 Å². The number of fused-ring (bicyclic) bond motifs is 5. The number of hydrogen-bond acceptors (Lipinski definition) is 14. The Bertz CT molecular complexity index is 2440. The standard InChI is InChI=1S/C39H39FN4O13/c1-3-39(53)21-9-25-29-19(12-44(25)34(48)20(21)14-54-37(39)51)28-23(6-5-18-15(2)22(40)10-24(42-29)27(18)28)43-38(52)55-13-16-4-7-26(17(8-16)11-41)56-36-32(47)30(45)31(46)33(57-36)35(49)50/h4,7-10,23,30-33,36,45-47,53H,3,5-6,11-14,41H2,1-2H3,(H,43,52)(H,49,50)/t23-,30?,31-,32+,33-,36+,39-/m0/s1. The molecule has 1 aliphatic carbocycles. The van der Waals surface area contributed by atoms with Crippen LogP contribution in [0.5, 0.6) is 5.75 Å². The number of aliphatic carboxylic acids is 1. The molecule has 3 aliphatic heterocycles. The number of rotatable bonds is 8. The number of halogens is 1. The number of aromatic nitrogens is 2. The van der Waals surface area contributed by atoms with E-state index in [9.17, 15) is 44.7 Å². The second kappa shape index (κ2) is 14.2. The summed E-state index contributed by atoms with van der Waals surface area (Å²) < 4.78 is 38.5. The van der Waals surface area contributed by atoms with Gasteiger partial charge in [-0.05, 0) is 66.6 Å². The fourth-order valence-corrected chi connectivity index (χ4v) is 8.30. The predicted molar refractivity (Wildman–Crippen MR) is 193 cm³/mol. The highest BCUT2D eigenvalue weighted by atomic mass is 19.1. The van der Waals surface area contributed by atoms with Crippen molar-refractivity contribution in [3.8, 4) is 17.1 Å². The SMILES string of the molecule is CC[C@@]1(O)C(=O)OCc2c1cc1n(c2=O)Cc2c-1nc1cc(F)c(C)c3c1c2[C@@H](NC(=O)OCc1ccc(O[C@@H]2O[C@H](C(=O)O)[C@@H](O)C(O)[C@H]2O)c(CN)c1)CC3. The summed E-state index contributed by atoms with van der Waals surface area (Å²) in [6.45, 7) is 2.72. The van der Waals surface area contributed by atoms with Gasteiger partial charge in [0, 0.05) is 34.7 Å². The normalized spacial score (nSPS) is 25.9. The molecule has 300 valence electrons. The molecule has 8 N–H and O–H groups in total. The van der Waals surface area contributed by atoms with Crippen LogP contribution in [0.4, 0.5) is 9.18 Å². The number of amides is 1. The number of esters is 1. The molecule has 2 aromatic heterocycles. The Morgan fingerprint density at radius 1 is 1.11 bits per heavy atom. The van der Waals surface area contributed by atoms with Crippen LogP contribution < -0.4 is 21.3 Å². The zero-order chi connectivity index (χ0) is 40.7. The molecule has 5 heterocycles. The van der Waals surface area contributed by atoms with Gasteiger partial charge in [-0.15, -0.1) is 0 Å². The van der Waals surface area contributed by atoms with Crippen molar-refractivity contribution in [2.75, 3.05) is 0 Å². The molecule has 1 unspecified atom stereocenters. The van der Waals surface area contributed by atoms with Crippen LogP contribution in [-0.4, -0.2) is 83.8 Å². The highest BCUT2D eigenvalue weighted by Crippen LogP contribution is 2.46. The van der Waals surface area contributed by atoms with Gasteiger partial charge in [0.25, 0.3) is 5.56 Å². The number of aliphatic hydroxyl groups excluding tert-OH is 3. The number of benzene rings is 2. The van der Waals surface area contributed by atoms with E-state index >= 15 is 4.39 Å². The zero-order valence-corrected chi connectivity index (χ0v) is 30.7. The number of ether oxygens (including phenoxy) is 4. The van der Waals surface area contributed by atoms with E-state index in [0.29, 0.717) is 62.9 Å². The van der Waals surface area contributed by atoms with Crippen LogP contribution in [-0.2, 0) is 62.1 Å². The fraction of sp³-hybridized carbons (Fsp3) is 0.410. The van der Waals surface area contributed by atoms with Crippen molar-refractivity contribution in [1.82, 2.24) is 14.9 Å². The molecular weight excluding hydrogens is 751 g/mol. The molecule has 18 heteroatoms. The third-order valence-electron chi connectivity index (χ3n) is 11.4. The number of nitrogens with two attached hydrogens (primary N) is 1. The molecule has 2 aromatic carbocycles. The van der Waals surface area contributed by atoms with Gasteiger partial charge in [0.2, 0.25) is 6.29 Å². The lowest BCUT2D eigenvalue weighted by molar-refractivity contribution is -0.271. The first-order valence-electron chi connectivity index (χ1n) is 18.3. The van der Waals surface area contributed by atoms with E-state index in [2.05, 4.69) is 5.32 Å². The Hall–Kier alpha value is -5.50. The Labute approximate surface area is 322 Å². The average Bonchev–Trinajstić information content (AvgIpc) is 3.56. The second-order valence-corrected chi connectivity index (χ2v) is 14.6. The Morgan fingerprint density at radius 3 is 2.60 bits per heavy atom. The lowest BCUT2D eigenvalue weighted by Gasteiger charge is -2.38. The van der Waals surface area contributed by atoms with E-state index in [1.807, 2.05) is 0 Å². The summed E-state index contributed by atoms with van der Waals surface area (Å²) in [7, 11) is 0. The molecule has 4 aliphatic rings. The van der Waals surface area contributed by atoms with Gasteiger partial charge in [-0.1, -0.05) is 13.0 Å². The third kappa shape index (κ3) is 6.10.